The molecule has 1 saturated heterocycles. The van der Waals surface area contributed by atoms with Crippen LogP contribution in [-0.4, -0.2) is 47.7 Å². The maximum Gasteiger partial charge on any atom is 0.226 e. The first-order valence-electron chi connectivity index (χ1n) is 9.89. The third kappa shape index (κ3) is 6.31. The lowest BCUT2D eigenvalue weighted by molar-refractivity contribution is -0.134. The molecule has 1 unspecified atom stereocenters. The number of nitrogens with one attached hydrogen (secondary N) is 2. The van der Waals surface area contributed by atoms with E-state index < -0.39 is 0 Å². The number of rotatable bonds is 8. The normalized spacial score (nSPS) is 16.4. The number of aryl methyl sites for hydroxylation is 1. The Morgan fingerprint density at radius 2 is 2.04 bits per heavy atom. The molecule has 2 heterocycles. The van der Waals surface area contributed by atoms with Crippen LogP contribution in [0.15, 0.2) is 30.3 Å². The number of carbonyl (C=O) groups excluding carboxylic acids is 1. The molecular formula is C21H30ClFN4O. The Kier molecular flexibility index (Phi) is 8.93. The van der Waals surface area contributed by atoms with Gasteiger partial charge in [-0.25, -0.2) is 4.39 Å². The summed E-state index contributed by atoms with van der Waals surface area (Å²) in [5, 5.41) is 10.7. The van der Waals surface area contributed by atoms with E-state index in [-0.39, 0.29) is 30.0 Å². The molecule has 0 aliphatic carbocycles. The molecule has 1 aromatic heterocycles. The molecule has 28 heavy (non-hydrogen) atoms. The van der Waals surface area contributed by atoms with Gasteiger partial charge in [-0.1, -0.05) is 6.42 Å². The molecular weight excluding hydrogens is 379 g/mol. The van der Waals surface area contributed by atoms with Crippen LogP contribution in [0.5, 0.6) is 0 Å². The summed E-state index contributed by atoms with van der Waals surface area (Å²) in [6, 6.07) is 8.41. The monoisotopic (exact) mass is 408 g/mol. The van der Waals surface area contributed by atoms with Gasteiger partial charge < -0.3 is 10.2 Å². The van der Waals surface area contributed by atoms with Crippen LogP contribution in [0.4, 0.5) is 4.39 Å². The summed E-state index contributed by atoms with van der Waals surface area (Å²) in [7, 11) is 1.92. The topological polar surface area (TPSA) is 61.0 Å². The molecule has 7 heteroatoms. The van der Waals surface area contributed by atoms with Gasteiger partial charge in [0.1, 0.15) is 5.82 Å². The first kappa shape index (κ1) is 22.4. The van der Waals surface area contributed by atoms with Gasteiger partial charge in [0.15, 0.2) is 0 Å². The summed E-state index contributed by atoms with van der Waals surface area (Å²) in [4.78, 5) is 14.3. The molecule has 1 fully saturated rings. The summed E-state index contributed by atoms with van der Waals surface area (Å²) in [5.41, 5.74) is 2.85. The third-order valence-corrected chi connectivity index (χ3v) is 5.23. The summed E-state index contributed by atoms with van der Waals surface area (Å²) in [6.07, 6.45) is 6.17. The minimum atomic E-state index is -0.238. The molecule has 5 nitrogen and oxygen atoms in total. The van der Waals surface area contributed by atoms with Crippen molar-refractivity contribution in [2.45, 2.75) is 38.5 Å². The van der Waals surface area contributed by atoms with Gasteiger partial charge in [-0.05, 0) is 69.0 Å². The van der Waals surface area contributed by atoms with E-state index in [4.69, 9.17) is 0 Å². The van der Waals surface area contributed by atoms with Gasteiger partial charge in [-0.2, -0.15) is 5.10 Å². The molecule has 154 valence electrons. The van der Waals surface area contributed by atoms with Crippen LogP contribution >= 0.6 is 12.4 Å². The van der Waals surface area contributed by atoms with Crippen molar-refractivity contribution in [3.05, 3.63) is 41.8 Å². The van der Waals surface area contributed by atoms with E-state index in [1.54, 1.807) is 12.1 Å². The summed E-state index contributed by atoms with van der Waals surface area (Å²) >= 11 is 0. The fourth-order valence-electron chi connectivity index (χ4n) is 3.58. The number of carbonyl (C=O) groups is 1. The highest BCUT2D eigenvalue weighted by Gasteiger charge is 2.23. The molecule has 3 rings (SSSR count). The molecule has 2 N–H and O–H groups in total. The Hall–Kier alpha value is -1.92. The lowest BCUT2D eigenvalue weighted by Gasteiger charge is -2.27. The fourth-order valence-corrected chi connectivity index (χ4v) is 3.58. The maximum absolute atomic E-state index is 13.0. The van der Waals surface area contributed by atoms with Gasteiger partial charge in [0.2, 0.25) is 5.91 Å². The number of hydrogen-bond acceptors (Lipinski definition) is 3. The predicted octanol–water partition coefficient (Wildman–Crippen LogP) is 3.81. The Balaban J connectivity index is 0.00000280. The number of benzene rings is 1. The fraction of sp³-hybridized carbons (Fsp3) is 0.524. The van der Waals surface area contributed by atoms with Crippen molar-refractivity contribution in [1.29, 1.82) is 0 Å². The molecule has 1 amide bonds. The molecule has 1 aromatic carbocycles. The van der Waals surface area contributed by atoms with E-state index in [9.17, 15) is 9.18 Å². The third-order valence-electron chi connectivity index (χ3n) is 5.23. The standard InChI is InChI=1S/C21H29FN4O.ClH/c1-26(21(27)17-6-5-12-23-15-17)13-4-2-3-7-19-14-20(25-24-19)16-8-10-18(22)11-9-16;/h8-11,14,17,23H,2-7,12-13,15H2,1H3,(H,24,25);1H. The highest BCUT2D eigenvalue weighted by molar-refractivity contribution is 5.85. The zero-order valence-corrected chi connectivity index (χ0v) is 17.2. The van der Waals surface area contributed by atoms with E-state index >= 15 is 0 Å². The molecule has 2 aromatic rings. The van der Waals surface area contributed by atoms with Crippen LogP contribution in [0.2, 0.25) is 0 Å². The number of hydrogen-bond donors (Lipinski definition) is 2. The lowest BCUT2D eigenvalue weighted by atomic mass is 9.98. The molecule has 0 bridgehead atoms. The van der Waals surface area contributed by atoms with Gasteiger partial charge in [0.25, 0.3) is 0 Å². The van der Waals surface area contributed by atoms with Crippen molar-refractivity contribution in [1.82, 2.24) is 20.4 Å². The zero-order valence-electron chi connectivity index (χ0n) is 16.4. The number of aromatic amines is 1. The highest BCUT2D eigenvalue weighted by Crippen LogP contribution is 2.19. The Labute approximate surface area is 172 Å². The Morgan fingerprint density at radius 3 is 2.75 bits per heavy atom. The Bertz CT molecular complexity index is 728. The van der Waals surface area contributed by atoms with E-state index in [0.717, 1.165) is 75.1 Å². The average Bonchev–Trinajstić information content (AvgIpc) is 3.17. The highest BCUT2D eigenvalue weighted by atomic mass is 35.5. The van der Waals surface area contributed by atoms with Crippen molar-refractivity contribution < 1.29 is 9.18 Å². The Morgan fingerprint density at radius 1 is 1.25 bits per heavy atom. The predicted molar refractivity (Wildman–Crippen MR) is 112 cm³/mol. The molecule has 0 radical (unpaired) electrons. The number of amides is 1. The largest absolute Gasteiger partial charge is 0.345 e. The van der Waals surface area contributed by atoms with Crippen LogP contribution in [-0.2, 0) is 11.2 Å². The van der Waals surface area contributed by atoms with Gasteiger partial charge in [0, 0.05) is 31.4 Å². The van der Waals surface area contributed by atoms with Crippen LogP contribution in [0.3, 0.4) is 0 Å². The average molecular weight is 409 g/mol. The smallest absolute Gasteiger partial charge is 0.226 e. The van der Waals surface area contributed by atoms with Crippen molar-refractivity contribution >= 4 is 18.3 Å². The van der Waals surface area contributed by atoms with Crippen molar-refractivity contribution in [2.75, 3.05) is 26.7 Å². The number of nitrogens with zero attached hydrogens (tertiary/aromatic N) is 2. The van der Waals surface area contributed by atoms with Crippen LogP contribution in [0.1, 0.15) is 37.8 Å². The van der Waals surface area contributed by atoms with Crippen LogP contribution in [0.25, 0.3) is 11.3 Å². The minimum absolute atomic E-state index is 0. The number of piperidine rings is 1. The second kappa shape index (κ2) is 11.2. The van der Waals surface area contributed by atoms with Crippen molar-refractivity contribution in [3.8, 4) is 11.3 Å². The van der Waals surface area contributed by atoms with E-state index in [2.05, 4.69) is 15.5 Å². The molecule has 1 aliphatic rings. The van der Waals surface area contributed by atoms with Gasteiger partial charge >= 0.3 is 0 Å². The number of H-pyrrole nitrogens is 1. The number of aromatic nitrogens is 2. The molecule has 0 saturated carbocycles. The van der Waals surface area contributed by atoms with E-state index in [0.29, 0.717) is 0 Å². The van der Waals surface area contributed by atoms with Gasteiger partial charge in [-0.3, -0.25) is 9.89 Å². The summed E-state index contributed by atoms with van der Waals surface area (Å²) in [5.74, 6) is 0.191. The second-order valence-corrected chi connectivity index (χ2v) is 7.40. The molecule has 0 spiro atoms. The summed E-state index contributed by atoms with van der Waals surface area (Å²) in [6.45, 7) is 2.67. The minimum Gasteiger partial charge on any atom is -0.345 e. The van der Waals surface area contributed by atoms with Crippen molar-refractivity contribution in [2.24, 2.45) is 5.92 Å². The lowest BCUT2D eigenvalue weighted by Crippen LogP contribution is -2.41. The quantitative estimate of drug-likeness (QED) is 0.653. The van der Waals surface area contributed by atoms with Crippen molar-refractivity contribution in [3.63, 3.8) is 0 Å². The molecule has 1 aliphatic heterocycles. The van der Waals surface area contributed by atoms with Gasteiger partial charge in [-0.15, -0.1) is 12.4 Å². The number of unbranched alkanes of at least 4 members (excludes halogenated alkanes) is 2. The zero-order chi connectivity index (χ0) is 19.1. The molecule has 1 atom stereocenters. The van der Waals surface area contributed by atoms with E-state index in [1.807, 2.05) is 18.0 Å². The maximum atomic E-state index is 13.0. The first-order chi connectivity index (χ1) is 13.1. The first-order valence-corrected chi connectivity index (χ1v) is 9.89. The van der Waals surface area contributed by atoms with Crippen LogP contribution < -0.4 is 5.32 Å². The van der Waals surface area contributed by atoms with E-state index in [1.165, 1.54) is 12.1 Å². The number of halogens is 2. The van der Waals surface area contributed by atoms with Crippen LogP contribution in [0, 0.1) is 11.7 Å². The SMILES string of the molecule is CN(CCCCCc1cc(-c2ccc(F)cc2)n[nH]1)C(=O)C1CCCNC1.Cl. The van der Waals surface area contributed by atoms with Gasteiger partial charge in [0.05, 0.1) is 11.6 Å². The summed E-state index contributed by atoms with van der Waals surface area (Å²) < 4.78 is 13.0. The second-order valence-electron chi connectivity index (χ2n) is 7.40.